The van der Waals surface area contributed by atoms with Crippen molar-refractivity contribution in [2.45, 2.75) is 76.8 Å². The predicted molar refractivity (Wildman–Crippen MR) is 98.3 cm³/mol. The molecule has 0 aromatic heterocycles. The lowest BCUT2D eigenvalue weighted by Gasteiger charge is -2.27. The van der Waals surface area contributed by atoms with Crippen LogP contribution in [0.4, 0.5) is 0 Å². The molecule has 0 aliphatic carbocycles. The van der Waals surface area contributed by atoms with Crippen LogP contribution in [0.3, 0.4) is 0 Å². The molecule has 1 fully saturated rings. The van der Waals surface area contributed by atoms with Gasteiger partial charge in [-0.15, -0.1) is 0 Å². The second-order valence-corrected chi connectivity index (χ2v) is 7.40. The lowest BCUT2D eigenvalue weighted by Crippen LogP contribution is -2.34. The Kier molecular flexibility index (Phi) is 8.07. The van der Waals surface area contributed by atoms with Gasteiger partial charge in [-0.25, -0.2) is 0 Å². The first kappa shape index (κ1) is 20.1. The van der Waals surface area contributed by atoms with E-state index in [1.165, 1.54) is 18.4 Å². The zero-order valence-corrected chi connectivity index (χ0v) is 15.7. The van der Waals surface area contributed by atoms with Crippen molar-refractivity contribution >= 4 is 6.29 Å². The maximum Gasteiger partial charge on any atom is 0.163 e. The highest BCUT2D eigenvalue weighted by Gasteiger charge is 2.44. The van der Waals surface area contributed by atoms with Crippen LogP contribution in [0.5, 0.6) is 0 Å². The monoisotopic (exact) mass is 348 g/mol. The average Bonchev–Trinajstić information content (AvgIpc) is 2.90. The molecule has 1 aliphatic rings. The van der Waals surface area contributed by atoms with E-state index in [1.807, 2.05) is 32.0 Å². The molecule has 1 aromatic rings. The summed E-state index contributed by atoms with van der Waals surface area (Å²) in [6.45, 7) is 5.85. The number of hydrogen-bond donors (Lipinski definition) is 0. The number of hydrogen-bond acceptors (Lipinski definition) is 4. The van der Waals surface area contributed by atoms with Crippen molar-refractivity contribution in [1.29, 1.82) is 0 Å². The number of unbranched alkanes of at least 4 members (excludes halogenated alkanes) is 4. The Labute approximate surface area is 151 Å². The summed E-state index contributed by atoms with van der Waals surface area (Å²) in [7, 11) is 0. The van der Waals surface area contributed by atoms with Crippen LogP contribution in [0.25, 0.3) is 0 Å². The van der Waals surface area contributed by atoms with Gasteiger partial charge in [0.05, 0.1) is 13.2 Å². The summed E-state index contributed by atoms with van der Waals surface area (Å²) in [5, 5.41) is 0. The molecule has 0 bridgehead atoms. The normalized spacial score (nSPS) is 22.2. The minimum atomic E-state index is -0.570. The fourth-order valence-electron chi connectivity index (χ4n) is 3.31. The molecule has 25 heavy (non-hydrogen) atoms. The molecule has 0 N–H and O–H groups in total. The molecule has 0 saturated carbocycles. The molecular formula is C21H32O4. The Hall–Kier alpha value is -1.23. The van der Waals surface area contributed by atoms with E-state index in [1.54, 1.807) is 0 Å². The Morgan fingerprint density at radius 2 is 1.80 bits per heavy atom. The highest BCUT2D eigenvalue weighted by atomic mass is 16.8. The molecule has 0 radical (unpaired) electrons. The SMILES string of the molecule is CC1(C)OCC(CC=O)(CCCCCCCOCc2ccccc2)O1. The highest BCUT2D eigenvalue weighted by molar-refractivity contribution is 5.51. The summed E-state index contributed by atoms with van der Waals surface area (Å²) in [5.74, 6) is -0.570. The van der Waals surface area contributed by atoms with Gasteiger partial charge in [0.25, 0.3) is 0 Å². The molecule has 4 heteroatoms. The first-order chi connectivity index (χ1) is 12.1. The third-order valence-corrected chi connectivity index (χ3v) is 4.63. The first-order valence-corrected chi connectivity index (χ1v) is 9.45. The molecule has 1 saturated heterocycles. The molecule has 1 atom stereocenters. The summed E-state index contributed by atoms with van der Waals surface area (Å²) < 4.78 is 17.4. The summed E-state index contributed by atoms with van der Waals surface area (Å²) in [6.07, 6.45) is 7.95. The zero-order chi connectivity index (χ0) is 18.0. The van der Waals surface area contributed by atoms with Gasteiger partial charge in [0.15, 0.2) is 5.79 Å². The Balaban J connectivity index is 1.50. The molecule has 4 nitrogen and oxygen atoms in total. The molecule has 1 aromatic carbocycles. The van der Waals surface area contributed by atoms with Crippen molar-refractivity contribution < 1.29 is 19.0 Å². The molecular weight excluding hydrogens is 316 g/mol. The van der Waals surface area contributed by atoms with E-state index in [2.05, 4.69) is 12.1 Å². The van der Waals surface area contributed by atoms with E-state index in [9.17, 15) is 4.79 Å². The lowest BCUT2D eigenvalue weighted by atomic mass is 9.93. The Bertz CT molecular complexity index is 500. The van der Waals surface area contributed by atoms with E-state index in [0.717, 1.165) is 38.6 Å². The van der Waals surface area contributed by atoms with Crippen LogP contribution >= 0.6 is 0 Å². The van der Waals surface area contributed by atoms with Crippen LogP contribution < -0.4 is 0 Å². The van der Waals surface area contributed by atoms with Gasteiger partial charge in [0, 0.05) is 13.0 Å². The quantitative estimate of drug-likeness (QED) is 0.407. The van der Waals surface area contributed by atoms with Crippen LogP contribution in [0.1, 0.15) is 64.4 Å². The van der Waals surface area contributed by atoms with Crippen LogP contribution in [-0.2, 0) is 25.6 Å². The summed E-state index contributed by atoms with van der Waals surface area (Å²) in [5.41, 5.74) is 0.814. The standard InChI is InChI=1S/C21H32O4/c1-20(2)24-18-21(25-20,14-15-22)13-9-4-3-5-10-16-23-17-19-11-7-6-8-12-19/h6-8,11-12,15H,3-5,9-10,13-14,16-18H2,1-2H3. The number of ether oxygens (including phenoxy) is 3. The van der Waals surface area contributed by atoms with Crippen LogP contribution in [0.2, 0.25) is 0 Å². The van der Waals surface area contributed by atoms with Gasteiger partial charge in [0.2, 0.25) is 0 Å². The van der Waals surface area contributed by atoms with Gasteiger partial charge in [-0.2, -0.15) is 0 Å². The Morgan fingerprint density at radius 1 is 1.08 bits per heavy atom. The summed E-state index contributed by atoms with van der Waals surface area (Å²) in [4.78, 5) is 11.0. The van der Waals surface area contributed by atoms with Crippen LogP contribution in [0, 0.1) is 0 Å². The zero-order valence-electron chi connectivity index (χ0n) is 15.7. The molecule has 2 rings (SSSR count). The fourth-order valence-corrected chi connectivity index (χ4v) is 3.31. The topological polar surface area (TPSA) is 44.8 Å². The second-order valence-electron chi connectivity index (χ2n) is 7.40. The number of carbonyl (C=O) groups is 1. The van der Waals surface area contributed by atoms with Crippen LogP contribution in [0.15, 0.2) is 30.3 Å². The molecule has 0 spiro atoms. The van der Waals surface area contributed by atoms with Crippen molar-refractivity contribution in [2.75, 3.05) is 13.2 Å². The van der Waals surface area contributed by atoms with Crippen molar-refractivity contribution in [3.8, 4) is 0 Å². The van der Waals surface area contributed by atoms with Gasteiger partial charge in [-0.05, 0) is 32.3 Å². The second kappa shape index (κ2) is 10.0. The minimum Gasteiger partial charge on any atom is -0.377 e. The third kappa shape index (κ3) is 7.27. The van der Waals surface area contributed by atoms with E-state index in [4.69, 9.17) is 14.2 Å². The number of carbonyl (C=O) groups excluding carboxylic acids is 1. The number of benzene rings is 1. The number of aldehydes is 1. The smallest absolute Gasteiger partial charge is 0.163 e. The minimum absolute atomic E-state index is 0.413. The molecule has 1 unspecified atom stereocenters. The molecule has 140 valence electrons. The molecule has 1 aliphatic heterocycles. The van der Waals surface area contributed by atoms with Crippen molar-refractivity contribution in [3.63, 3.8) is 0 Å². The van der Waals surface area contributed by atoms with Crippen molar-refractivity contribution in [2.24, 2.45) is 0 Å². The van der Waals surface area contributed by atoms with Gasteiger partial charge in [-0.1, -0.05) is 56.0 Å². The van der Waals surface area contributed by atoms with Gasteiger partial charge in [0.1, 0.15) is 11.9 Å². The maximum absolute atomic E-state index is 11.0. The van der Waals surface area contributed by atoms with Crippen molar-refractivity contribution in [1.82, 2.24) is 0 Å². The molecule has 0 amide bonds. The van der Waals surface area contributed by atoms with E-state index in [-0.39, 0.29) is 0 Å². The third-order valence-electron chi connectivity index (χ3n) is 4.63. The first-order valence-electron chi connectivity index (χ1n) is 9.45. The lowest BCUT2D eigenvalue weighted by molar-refractivity contribution is -0.164. The maximum atomic E-state index is 11.0. The predicted octanol–water partition coefficient (Wildman–Crippen LogP) is 4.65. The Morgan fingerprint density at radius 3 is 2.48 bits per heavy atom. The van der Waals surface area contributed by atoms with E-state index < -0.39 is 11.4 Å². The summed E-state index contributed by atoms with van der Waals surface area (Å²) >= 11 is 0. The van der Waals surface area contributed by atoms with Gasteiger partial charge < -0.3 is 19.0 Å². The van der Waals surface area contributed by atoms with E-state index in [0.29, 0.717) is 19.6 Å². The fraction of sp³-hybridized carbons (Fsp3) is 0.667. The van der Waals surface area contributed by atoms with E-state index >= 15 is 0 Å². The molecule has 1 heterocycles. The van der Waals surface area contributed by atoms with Crippen molar-refractivity contribution in [3.05, 3.63) is 35.9 Å². The number of rotatable bonds is 12. The summed E-state index contributed by atoms with van der Waals surface area (Å²) in [6, 6.07) is 10.3. The largest absolute Gasteiger partial charge is 0.377 e. The average molecular weight is 348 g/mol. The van der Waals surface area contributed by atoms with Crippen LogP contribution in [-0.4, -0.2) is 30.9 Å². The van der Waals surface area contributed by atoms with Gasteiger partial charge >= 0.3 is 0 Å². The van der Waals surface area contributed by atoms with Gasteiger partial charge in [-0.3, -0.25) is 0 Å². The highest BCUT2D eigenvalue weighted by Crippen LogP contribution is 2.36.